The van der Waals surface area contributed by atoms with Gasteiger partial charge in [-0.2, -0.15) is 5.10 Å². The molecule has 144 valence electrons. The Kier molecular flexibility index (Phi) is 6.22. The number of nitrogens with zero attached hydrogens (tertiary/aromatic N) is 2. The van der Waals surface area contributed by atoms with Crippen molar-refractivity contribution in [2.45, 2.75) is 19.3 Å². The zero-order valence-electron chi connectivity index (χ0n) is 16.0. The molecule has 0 saturated carbocycles. The van der Waals surface area contributed by atoms with E-state index in [0.717, 1.165) is 11.1 Å². The minimum atomic E-state index is -0.506. The molecule has 0 spiro atoms. The molecule has 3 rings (SSSR count). The van der Waals surface area contributed by atoms with Crippen molar-refractivity contribution in [2.24, 2.45) is 7.05 Å². The Bertz CT molecular complexity index is 897. The van der Waals surface area contributed by atoms with Crippen molar-refractivity contribution >= 4 is 17.7 Å². The zero-order chi connectivity index (χ0) is 19.9. The van der Waals surface area contributed by atoms with Crippen LogP contribution in [0.15, 0.2) is 66.9 Å². The van der Waals surface area contributed by atoms with Crippen molar-refractivity contribution in [1.82, 2.24) is 9.78 Å². The predicted molar refractivity (Wildman–Crippen MR) is 107 cm³/mol. The van der Waals surface area contributed by atoms with Crippen LogP contribution in [-0.2, 0) is 16.6 Å². The summed E-state index contributed by atoms with van der Waals surface area (Å²) in [6, 6.07) is 19.8. The van der Waals surface area contributed by atoms with Gasteiger partial charge in [-0.25, -0.2) is 4.79 Å². The average molecular weight is 377 g/mol. The third-order valence-electron chi connectivity index (χ3n) is 4.49. The first kappa shape index (κ1) is 19.4. The second kappa shape index (κ2) is 8.99. The van der Waals surface area contributed by atoms with Gasteiger partial charge in [0.2, 0.25) is 5.91 Å². The maximum absolute atomic E-state index is 12.8. The number of esters is 1. The summed E-state index contributed by atoms with van der Waals surface area (Å²) in [5, 5.41) is 6.90. The summed E-state index contributed by atoms with van der Waals surface area (Å²) in [6.45, 7) is 1.99. The number of nitrogens with one attached hydrogen (secondary N) is 1. The first-order valence-electron chi connectivity index (χ1n) is 9.19. The Labute approximate surface area is 164 Å². The molecule has 6 nitrogen and oxygen atoms in total. The number of ether oxygens (including phenoxy) is 1. The van der Waals surface area contributed by atoms with Gasteiger partial charge in [0.1, 0.15) is 11.4 Å². The van der Waals surface area contributed by atoms with Gasteiger partial charge >= 0.3 is 5.97 Å². The van der Waals surface area contributed by atoms with Gasteiger partial charge in [-0.1, -0.05) is 60.7 Å². The van der Waals surface area contributed by atoms with Crippen LogP contribution < -0.4 is 5.32 Å². The topological polar surface area (TPSA) is 73.2 Å². The number of hydrogen-bond donors (Lipinski definition) is 1. The van der Waals surface area contributed by atoms with Crippen LogP contribution in [0, 0.1) is 0 Å². The molecule has 1 N–H and O–H groups in total. The molecule has 0 saturated heterocycles. The number of carbonyl (C=O) groups excluding carboxylic acids is 2. The third-order valence-corrected chi connectivity index (χ3v) is 4.49. The molecule has 3 aromatic rings. The number of anilines is 1. The largest absolute Gasteiger partial charge is 0.462 e. The van der Waals surface area contributed by atoms with Crippen molar-refractivity contribution in [3.63, 3.8) is 0 Å². The van der Waals surface area contributed by atoms with Gasteiger partial charge in [0.05, 0.1) is 12.8 Å². The van der Waals surface area contributed by atoms with E-state index in [-0.39, 0.29) is 30.4 Å². The molecule has 0 atom stereocenters. The highest BCUT2D eigenvalue weighted by atomic mass is 16.5. The van der Waals surface area contributed by atoms with Crippen LogP contribution in [0.1, 0.15) is 40.7 Å². The Balaban J connectivity index is 1.82. The van der Waals surface area contributed by atoms with E-state index in [1.165, 1.54) is 10.9 Å². The van der Waals surface area contributed by atoms with E-state index >= 15 is 0 Å². The van der Waals surface area contributed by atoms with Crippen LogP contribution in [0.2, 0.25) is 0 Å². The molecule has 0 aliphatic carbocycles. The van der Waals surface area contributed by atoms with Gasteiger partial charge in [0, 0.05) is 19.4 Å². The number of rotatable bonds is 7. The van der Waals surface area contributed by atoms with Crippen LogP contribution >= 0.6 is 0 Å². The van der Waals surface area contributed by atoms with E-state index in [1.54, 1.807) is 14.0 Å². The maximum Gasteiger partial charge on any atom is 0.343 e. The fraction of sp³-hybridized carbons (Fsp3) is 0.227. The van der Waals surface area contributed by atoms with Gasteiger partial charge < -0.3 is 10.1 Å². The van der Waals surface area contributed by atoms with Crippen molar-refractivity contribution in [2.75, 3.05) is 11.9 Å². The number of aryl methyl sites for hydroxylation is 1. The fourth-order valence-electron chi connectivity index (χ4n) is 3.11. The average Bonchev–Trinajstić information content (AvgIpc) is 3.08. The van der Waals surface area contributed by atoms with Crippen LogP contribution in [0.5, 0.6) is 0 Å². The quantitative estimate of drug-likeness (QED) is 0.636. The first-order chi connectivity index (χ1) is 13.6. The highest BCUT2D eigenvalue weighted by Gasteiger charge is 2.22. The molecule has 0 bridgehead atoms. The highest BCUT2D eigenvalue weighted by molar-refractivity contribution is 6.00. The maximum atomic E-state index is 12.8. The van der Waals surface area contributed by atoms with Crippen LogP contribution in [0.3, 0.4) is 0 Å². The smallest absolute Gasteiger partial charge is 0.343 e. The van der Waals surface area contributed by atoms with Crippen LogP contribution in [0.25, 0.3) is 0 Å². The lowest BCUT2D eigenvalue weighted by molar-refractivity contribution is -0.116. The SMILES string of the molecule is CCOC(=O)c1cnn(C)c1NC(=O)CC(c1ccccc1)c1ccccc1. The number of benzene rings is 2. The molecule has 1 amide bonds. The molecule has 28 heavy (non-hydrogen) atoms. The molecule has 1 aromatic heterocycles. The molecule has 0 radical (unpaired) electrons. The third kappa shape index (κ3) is 4.46. The number of amides is 1. The van der Waals surface area contributed by atoms with Crippen molar-refractivity contribution in [1.29, 1.82) is 0 Å². The van der Waals surface area contributed by atoms with Gasteiger partial charge in [-0.15, -0.1) is 0 Å². The van der Waals surface area contributed by atoms with Gasteiger partial charge in [0.15, 0.2) is 0 Å². The summed E-state index contributed by atoms with van der Waals surface area (Å²) in [6.07, 6.45) is 1.64. The Hall–Kier alpha value is -3.41. The second-order valence-electron chi connectivity index (χ2n) is 6.38. The minimum absolute atomic E-state index is 0.0957. The lowest BCUT2D eigenvalue weighted by atomic mass is 9.88. The monoisotopic (exact) mass is 377 g/mol. The number of hydrogen-bond acceptors (Lipinski definition) is 4. The molecular formula is C22H23N3O3. The molecule has 0 unspecified atom stereocenters. The summed E-state index contributed by atoms with van der Waals surface area (Å²) in [4.78, 5) is 24.9. The first-order valence-corrected chi connectivity index (χ1v) is 9.19. The molecule has 6 heteroatoms. The van der Waals surface area contributed by atoms with Crippen molar-refractivity contribution in [3.05, 3.63) is 83.6 Å². The van der Waals surface area contributed by atoms with Crippen LogP contribution in [0.4, 0.5) is 5.82 Å². The number of aromatic nitrogens is 2. The molecular weight excluding hydrogens is 354 g/mol. The zero-order valence-corrected chi connectivity index (χ0v) is 16.0. The molecule has 0 aliphatic rings. The van der Waals surface area contributed by atoms with Crippen molar-refractivity contribution in [3.8, 4) is 0 Å². The lowest BCUT2D eigenvalue weighted by Crippen LogP contribution is -2.20. The fourth-order valence-corrected chi connectivity index (χ4v) is 3.11. The van der Waals surface area contributed by atoms with E-state index in [2.05, 4.69) is 10.4 Å². The molecule has 2 aromatic carbocycles. The minimum Gasteiger partial charge on any atom is -0.462 e. The van der Waals surface area contributed by atoms with Crippen LogP contribution in [-0.4, -0.2) is 28.3 Å². The van der Waals surface area contributed by atoms with E-state index in [0.29, 0.717) is 5.82 Å². The summed E-state index contributed by atoms with van der Waals surface area (Å²) < 4.78 is 6.50. The molecule has 1 heterocycles. The van der Waals surface area contributed by atoms with Gasteiger partial charge in [-0.05, 0) is 18.1 Å². The lowest BCUT2D eigenvalue weighted by Gasteiger charge is -2.18. The summed E-state index contributed by atoms with van der Waals surface area (Å²) in [5.41, 5.74) is 2.35. The molecule has 0 aliphatic heterocycles. The van der Waals surface area contributed by atoms with E-state index in [9.17, 15) is 9.59 Å². The van der Waals surface area contributed by atoms with E-state index < -0.39 is 5.97 Å². The predicted octanol–water partition coefficient (Wildman–Crippen LogP) is 3.76. The second-order valence-corrected chi connectivity index (χ2v) is 6.38. The molecule has 0 fully saturated rings. The summed E-state index contributed by atoms with van der Waals surface area (Å²) in [5.74, 6) is -0.467. The Morgan fingerprint density at radius 2 is 1.61 bits per heavy atom. The Morgan fingerprint density at radius 1 is 1.04 bits per heavy atom. The van der Waals surface area contributed by atoms with Gasteiger partial charge in [0.25, 0.3) is 0 Å². The normalized spacial score (nSPS) is 10.7. The standard InChI is InChI=1S/C22H23N3O3/c1-3-28-22(27)19-15-23-25(2)21(19)24-20(26)14-18(16-10-6-4-7-11-16)17-12-8-5-9-13-17/h4-13,15,18H,3,14H2,1-2H3,(H,24,26). The Morgan fingerprint density at radius 3 is 2.14 bits per heavy atom. The highest BCUT2D eigenvalue weighted by Crippen LogP contribution is 2.28. The van der Waals surface area contributed by atoms with Crippen molar-refractivity contribution < 1.29 is 14.3 Å². The van der Waals surface area contributed by atoms with E-state index in [4.69, 9.17) is 4.74 Å². The summed E-state index contributed by atoms with van der Waals surface area (Å²) in [7, 11) is 1.67. The number of carbonyl (C=O) groups is 2. The van der Waals surface area contributed by atoms with E-state index in [1.807, 2.05) is 60.7 Å². The summed E-state index contributed by atoms with van der Waals surface area (Å²) >= 11 is 0. The van der Waals surface area contributed by atoms with Gasteiger partial charge in [-0.3, -0.25) is 9.48 Å².